The van der Waals surface area contributed by atoms with Gasteiger partial charge in [0.1, 0.15) is 6.33 Å². The van der Waals surface area contributed by atoms with Crippen molar-refractivity contribution >= 4 is 16.9 Å². The van der Waals surface area contributed by atoms with E-state index in [1.165, 1.54) is 0 Å². The molecule has 0 aliphatic carbocycles. The second-order valence-electron chi connectivity index (χ2n) is 3.20. The van der Waals surface area contributed by atoms with Gasteiger partial charge in [-0.3, -0.25) is 4.99 Å². The average molecular weight is 211 g/mol. The molecule has 0 saturated heterocycles. The summed E-state index contributed by atoms with van der Waals surface area (Å²) in [6, 6.07) is 0.159. The van der Waals surface area contributed by atoms with Crippen molar-refractivity contribution in [3.05, 3.63) is 12.2 Å². The van der Waals surface area contributed by atoms with Gasteiger partial charge in [0.05, 0.1) is 12.6 Å². The van der Waals surface area contributed by atoms with E-state index in [4.69, 9.17) is 0 Å². The van der Waals surface area contributed by atoms with E-state index >= 15 is 0 Å². The summed E-state index contributed by atoms with van der Waals surface area (Å²) in [6.07, 6.45) is 1.71. The third-order valence-corrected chi connectivity index (χ3v) is 2.97. The van der Waals surface area contributed by atoms with Crippen LogP contribution < -0.4 is 5.32 Å². The first-order valence-electron chi connectivity index (χ1n) is 4.55. The zero-order chi connectivity index (χ0) is 9.97. The van der Waals surface area contributed by atoms with E-state index in [1.54, 1.807) is 18.1 Å². The lowest BCUT2D eigenvalue weighted by Crippen LogP contribution is -2.25. The normalized spacial score (nSPS) is 18.0. The molecule has 0 aromatic carbocycles. The third kappa shape index (κ3) is 1.89. The van der Waals surface area contributed by atoms with Crippen LogP contribution in [0.25, 0.3) is 0 Å². The van der Waals surface area contributed by atoms with Gasteiger partial charge in [0, 0.05) is 12.8 Å². The standard InChI is InChI=1S/C8H13N5S/c1-6(7-12-10-5-13(7)2)11-8-9-3-4-14-8/h5-6H,3-4H2,1-2H3,(H,9,11). The zero-order valence-electron chi connectivity index (χ0n) is 8.27. The van der Waals surface area contributed by atoms with Gasteiger partial charge in [-0.1, -0.05) is 11.8 Å². The summed E-state index contributed by atoms with van der Waals surface area (Å²) >= 11 is 1.76. The largest absolute Gasteiger partial charge is 0.355 e. The van der Waals surface area contributed by atoms with Crippen LogP contribution in [-0.4, -0.2) is 32.2 Å². The molecule has 1 aromatic rings. The summed E-state index contributed by atoms with van der Waals surface area (Å²) in [6.45, 7) is 2.98. The molecular weight excluding hydrogens is 198 g/mol. The Hall–Kier alpha value is -1.04. The van der Waals surface area contributed by atoms with Crippen molar-refractivity contribution in [1.29, 1.82) is 0 Å². The first-order chi connectivity index (χ1) is 6.77. The van der Waals surface area contributed by atoms with Crippen molar-refractivity contribution in [2.75, 3.05) is 12.3 Å². The van der Waals surface area contributed by atoms with Crippen LogP contribution >= 0.6 is 11.8 Å². The Labute approximate surface area is 87.0 Å². The topological polar surface area (TPSA) is 55.1 Å². The van der Waals surface area contributed by atoms with Gasteiger partial charge in [0.2, 0.25) is 0 Å². The lowest BCUT2D eigenvalue weighted by Gasteiger charge is -2.12. The van der Waals surface area contributed by atoms with E-state index in [0.29, 0.717) is 0 Å². The lowest BCUT2D eigenvalue weighted by atomic mass is 10.3. The van der Waals surface area contributed by atoms with E-state index in [2.05, 4.69) is 27.4 Å². The number of nitrogens with one attached hydrogen (secondary N) is 1. The quantitative estimate of drug-likeness (QED) is 0.777. The number of amidine groups is 1. The Balaban J connectivity index is 2.02. The van der Waals surface area contributed by atoms with Gasteiger partial charge in [-0.25, -0.2) is 0 Å². The predicted octanol–water partition coefficient (Wildman–Crippen LogP) is 0.568. The molecule has 1 atom stereocenters. The maximum atomic E-state index is 4.33. The van der Waals surface area contributed by atoms with Crippen molar-refractivity contribution in [2.45, 2.75) is 13.0 Å². The van der Waals surface area contributed by atoms with Crippen LogP contribution in [0, 0.1) is 0 Å². The highest BCUT2D eigenvalue weighted by atomic mass is 32.2. The highest BCUT2D eigenvalue weighted by molar-refractivity contribution is 8.14. The minimum atomic E-state index is 0.159. The summed E-state index contributed by atoms with van der Waals surface area (Å²) in [5.41, 5.74) is 0. The fourth-order valence-electron chi connectivity index (χ4n) is 1.36. The molecule has 0 amide bonds. The number of aliphatic imine (C=N–C) groups is 1. The highest BCUT2D eigenvalue weighted by Gasteiger charge is 2.14. The maximum Gasteiger partial charge on any atom is 0.157 e. The van der Waals surface area contributed by atoms with Gasteiger partial charge in [-0.15, -0.1) is 10.2 Å². The molecule has 5 nitrogen and oxygen atoms in total. The van der Waals surface area contributed by atoms with Gasteiger partial charge in [-0.2, -0.15) is 0 Å². The van der Waals surface area contributed by atoms with Crippen LogP contribution in [0.4, 0.5) is 0 Å². The molecule has 1 unspecified atom stereocenters. The Morgan fingerprint density at radius 3 is 3.07 bits per heavy atom. The monoisotopic (exact) mass is 211 g/mol. The van der Waals surface area contributed by atoms with Crippen LogP contribution in [-0.2, 0) is 7.05 Å². The molecule has 1 aliphatic rings. The number of thioether (sulfide) groups is 1. The molecule has 76 valence electrons. The number of aryl methyl sites for hydroxylation is 1. The van der Waals surface area contributed by atoms with E-state index < -0.39 is 0 Å². The van der Waals surface area contributed by atoms with E-state index in [-0.39, 0.29) is 6.04 Å². The molecule has 14 heavy (non-hydrogen) atoms. The first kappa shape index (κ1) is 9.51. The molecule has 0 saturated carbocycles. The van der Waals surface area contributed by atoms with E-state index in [1.807, 2.05) is 11.6 Å². The number of hydrogen-bond acceptors (Lipinski definition) is 5. The van der Waals surface area contributed by atoms with Crippen LogP contribution in [0.1, 0.15) is 18.8 Å². The molecule has 6 heteroatoms. The summed E-state index contributed by atoms with van der Waals surface area (Å²) in [5.74, 6) is 2.01. The van der Waals surface area contributed by atoms with Gasteiger partial charge in [-0.05, 0) is 6.92 Å². The molecule has 1 aromatic heterocycles. The zero-order valence-corrected chi connectivity index (χ0v) is 9.08. The summed E-state index contributed by atoms with van der Waals surface area (Å²) in [7, 11) is 1.94. The van der Waals surface area contributed by atoms with Crippen molar-refractivity contribution < 1.29 is 0 Å². The molecule has 2 heterocycles. The van der Waals surface area contributed by atoms with Crippen LogP contribution in [0.15, 0.2) is 11.3 Å². The second kappa shape index (κ2) is 4.00. The van der Waals surface area contributed by atoms with Gasteiger partial charge in [0.15, 0.2) is 11.0 Å². The van der Waals surface area contributed by atoms with E-state index in [0.717, 1.165) is 23.3 Å². The minimum absolute atomic E-state index is 0.159. The summed E-state index contributed by atoms with van der Waals surface area (Å²) in [4.78, 5) is 4.33. The SMILES string of the molecule is CC(NC1=NCCS1)c1nncn1C. The number of rotatable bonds is 2. The fraction of sp³-hybridized carbons (Fsp3) is 0.625. The van der Waals surface area contributed by atoms with Crippen molar-refractivity contribution in [3.8, 4) is 0 Å². The molecule has 0 radical (unpaired) electrons. The minimum Gasteiger partial charge on any atom is -0.355 e. The molecular formula is C8H13N5S. The number of nitrogens with zero attached hydrogens (tertiary/aromatic N) is 4. The summed E-state index contributed by atoms with van der Waals surface area (Å²) in [5, 5.41) is 12.2. The molecule has 1 N–H and O–H groups in total. The second-order valence-corrected chi connectivity index (χ2v) is 4.29. The number of hydrogen-bond donors (Lipinski definition) is 1. The smallest absolute Gasteiger partial charge is 0.157 e. The van der Waals surface area contributed by atoms with Crippen molar-refractivity contribution in [1.82, 2.24) is 20.1 Å². The van der Waals surface area contributed by atoms with Gasteiger partial charge < -0.3 is 9.88 Å². The predicted molar refractivity (Wildman–Crippen MR) is 57.3 cm³/mol. The van der Waals surface area contributed by atoms with Gasteiger partial charge in [0.25, 0.3) is 0 Å². The van der Waals surface area contributed by atoms with Crippen molar-refractivity contribution in [2.24, 2.45) is 12.0 Å². The Morgan fingerprint density at radius 1 is 1.64 bits per heavy atom. The summed E-state index contributed by atoms with van der Waals surface area (Å²) < 4.78 is 1.91. The molecule has 0 bridgehead atoms. The molecule has 0 spiro atoms. The average Bonchev–Trinajstić information content (AvgIpc) is 2.75. The Bertz CT molecular complexity index is 345. The van der Waals surface area contributed by atoms with Crippen LogP contribution in [0.5, 0.6) is 0 Å². The van der Waals surface area contributed by atoms with E-state index in [9.17, 15) is 0 Å². The highest BCUT2D eigenvalue weighted by Crippen LogP contribution is 2.14. The number of aromatic nitrogens is 3. The first-order valence-corrected chi connectivity index (χ1v) is 5.53. The van der Waals surface area contributed by atoms with Crippen LogP contribution in [0.2, 0.25) is 0 Å². The molecule has 1 aliphatic heterocycles. The molecule has 2 rings (SSSR count). The third-order valence-electron chi connectivity index (χ3n) is 2.06. The lowest BCUT2D eigenvalue weighted by molar-refractivity contribution is 0.629. The Morgan fingerprint density at radius 2 is 2.50 bits per heavy atom. The fourth-order valence-corrected chi connectivity index (χ4v) is 2.18. The Kier molecular flexibility index (Phi) is 2.72. The molecule has 0 fully saturated rings. The maximum absolute atomic E-state index is 4.33. The van der Waals surface area contributed by atoms with Crippen LogP contribution in [0.3, 0.4) is 0 Å². The van der Waals surface area contributed by atoms with Crippen molar-refractivity contribution in [3.63, 3.8) is 0 Å². The van der Waals surface area contributed by atoms with Gasteiger partial charge >= 0.3 is 0 Å².